The summed E-state index contributed by atoms with van der Waals surface area (Å²) in [5.74, 6) is 0.268. The van der Waals surface area contributed by atoms with Gasteiger partial charge in [0.1, 0.15) is 0 Å². The Kier molecular flexibility index (Phi) is 3.38. The van der Waals surface area contributed by atoms with Crippen LogP contribution >= 0.6 is 15.9 Å². The third-order valence-corrected chi connectivity index (χ3v) is 5.03. The summed E-state index contributed by atoms with van der Waals surface area (Å²) in [5.41, 5.74) is 0.173. The molecule has 2 rings (SSSR count). The van der Waals surface area contributed by atoms with Crippen LogP contribution in [0.1, 0.15) is 39.0 Å². The van der Waals surface area contributed by atoms with E-state index in [0.29, 0.717) is 19.4 Å². The Morgan fingerprint density at radius 1 is 1.31 bits per heavy atom. The van der Waals surface area contributed by atoms with Gasteiger partial charge in [0.2, 0.25) is 11.8 Å². The summed E-state index contributed by atoms with van der Waals surface area (Å²) >= 11 is 3.51. The highest BCUT2D eigenvalue weighted by Gasteiger charge is 2.41. The molecule has 0 aromatic rings. The molecule has 0 atom stereocenters. The van der Waals surface area contributed by atoms with E-state index < -0.39 is 0 Å². The lowest BCUT2D eigenvalue weighted by Crippen LogP contribution is -2.51. The maximum absolute atomic E-state index is 11.8. The highest BCUT2D eigenvalue weighted by Crippen LogP contribution is 2.43. The van der Waals surface area contributed by atoms with Crippen molar-refractivity contribution in [1.29, 1.82) is 0 Å². The Morgan fingerprint density at radius 2 is 1.88 bits per heavy atom. The van der Waals surface area contributed by atoms with E-state index in [1.165, 1.54) is 11.3 Å². The highest BCUT2D eigenvalue weighted by molar-refractivity contribution is 9.09. The molecule has 16 heavy (non-hydrogen) atoms. The minimum absolute atomic E-state index is 0.0241. The number of imide groups is 1. The molecule has 0 unspecified atom stereocenters. The highest BCUT2D eigenvalue weighted by atomic mass is 79.9. The summed E-state index contributed by atoms with van der Waals surface area (Å²) in [7, 11) is 0. The number of likely N-dealkylation sites (tertiary alicyclic amines) is 1. The van der Waals surface area contributed by atoms with Gasteiger partial charge < -0.3 is 0 Å². The second-order valence-electron chi connectivity index (χ2n) is 5.37. The molecule has 2 aliphatic rings. The van der Waals surface area contributed by atoms with Gasteiger partial charge in [-0.05, 0) is 24.2 Å². The van der Waals surface area contributed by atoms with Gasteiger partial charge in [0.15, 0.2) is 0 Å². The van der Waals surface area contributed by atoms with Gasteiger partial charge in [-0.15, -0.1) is 0 Å². The number of hydrogen-bond donors (Lipinski definition) is 0. The summed E-state index contributed by atoms with van der Waals surface area (Å²) in [6.07, 6.45) is 4.54. The number of rotatable bonds is 3. The first-order valence-corrected chi connectivity index (χ1v) is 7.08. The van der Waals surface area contributed by atoms with Crippen molar-refractivity contribution in [3.05, 3.63) is 0 Å². The second-order valence-corrected chi connectivity index (χ2v) is 5.93. The SMILES string of the molecule is CC1CC(=O)N(CC2(CBr)CCC2)C(=O)C1. The van der Waals surface area contributed by atoms with E-state index in [2.05, 4.69) is 15.9 Å². The summed E-state index contributed by atoms with van der Waals surface area (Å²) < 4.78 is 0. The van der Waals surface area contributed by atoms with Gasteiger partial charge >= 0.3 is 0 Å². The number of hydrogen-bond acceptors (Lipinski definition) is 2. The van der Waals surface area contributed by atoms with Crippen molar-refractivity contribution in [2.24, 2.45) is 11.3 Å². The van der Waals surface area contributed by atoms with Crippen LogP contribution in [-0.4, -0.2) is 28.6 Å². The molecule has 1 saturated carbocycles. The third-order valence-electron chi connectivity index (χ3n) is 3.84. The van der Waals surface area contributed by atoms with Crippen LogP contribution in [0.4, 0.5) is 0 Å². The number of carbonyl (C=O) groups excluding carboxylic acids is 2. The Bertz CT molecular complexity index is 289. The van der Waals surface area contributed by atoms with E-state index in [9.17, 15) is 9.59 Å². The van der Waals surface area contributed by atoms with Crippen molar-refractivity contribution in [3.63, 3.8) is 0 Å². The van der Waals surface area contributed by atoms with Crippen LogP contribution in [0.3, 0.4) is 0 Å². The molecule has 90 valence electrons. The monoisotopic (exact) mass is 287 g/mol. The molecule has 2 fully saturated rings. The fourth-order valence-electron chi connectivity index (χ4n) is 2.55. The van der Waals surface area contributed by atoms with Crippen LogP contribution in [0.25, 0.3) is 0 Å². The molecule has 0 N–H and O–H groups in total. The van der Waals surface area contributed by atoms with Gasteiger partial charge in [-0.2, -0.15) is 0 Å². The first-order chi connectivity index (χ1) is 7.56. The third kappa shape index (κ3) is 2.17. The van der Waals surface area contributed by atoms with Gasteiger partial charge in [-0.1, -0.05) is 29.3 Å². The Hall–Kier alpha value is -0.380. The molecule has 1 aliphatic heterocycles. The van der Waals surface area contributed by atoms with Crippen molar-refractivity contribution in [2.45, 2.75) is 39.0 Å². The molecule has 1 heterocycles. The molecule has 0 bridgehead atoms. The number of nitrogens with zero attached hydrogens (tertiary/aromatic N) is 1. The minimum Gasteiger partial charge on any atom is -0.282 e. The van der Waals surface area contributed by atoms with Crippen LogP contribution in [0.2, 0.25) is 0 Å². The standard InChI is InChI=1S/C12H18BrNO2/c1-9-5-10(15)14(11(16)6-9)8-12(7-13)3-2-4-12/h9H,2-8H2,1H3. The zero-order chi connectivity index (χ0) is 11.8. The summed E-state index contributed by atoms with van der Waals surface area (Å²) in [5, 5.41) is 0.895. The van der Waals surface area contributed by atoms with Crippen LogP contribution in [0, 0.1) is 11.3 Å². The molecule has 0 spiro atoms. The smallest absolute Gasteiger partial charge is 0.229 e. The predicted octanol–water partition coefficient (Wildman–Crippen LogP) is 2.34. The number of amides is 2. The van der Waals surface area contributed by atoms with E-state index in [1.54, 1.807) is 0 Å². The Balaban J connectivity index is 2.03. The Morgan fingerprint density at radius 3 is 2.25 bits per heavy atom. The first-order valence-electron chi connectivity index (χ1n) is 5.95. The largest absolute Gasteiger partial charge is 0.282 e. The predicted molar refractivity (Wildman–Crippen MR) is 65.2 cm³/mol. The summed E-state index contributed by atoms with van der Waals surface area (Å²) in [4.78, 5) is 25.2. The van der Waals surface area contributed by atoms with E-state index in [4.69, 9.17) is 0 Å². The van der Waals surface area contributed by atoms with Gasteiger partial charge in [0.25, 0.3) is 0 Å². The van der Waals surface area contributed by atoms with E-state index >= 15 is 0 Å². The van der Waals surface area contributed by atoms with Gasteiger partial charge in [-0.3, -0.25) is 14.5 Å². The average Bonchev–Trinajstić information content (AvgIpc) is 2.14. The molecule has 2 amide bonds. The van der Waals surface area contributed by atoms with E-state index in [0.717, 1.165) is 18.2 Å². The molecule has 3 nitrogen and oxygen atoms in total. The number of carbonyl (C=O) groups is 2. The average molecular weight is 288 g/mol. The molecule has 0 radical (unpaired) electrons. The fourth-order valence-corrected chi connectivity index (χ4v) is 3.29. The number of piperidine rings is 1. The lowest BCUT2D eigenvalue weighted by molar-refractivity contribution is -0.152. The second kappa shape index (κ2) is 4.47. The fraction of sp³-hybridized carbons (Fsp3) is 0.833. The molecular formula is C12H18BrNO2. The molecule has 1 aliphatic carbocycles. The van der Waals surface area contributed by atoms with Crippen LogP contribution in [0.5, 0.6) is 0 Å². The van der Waals surface area contributed by atoms with Crippen molar-refractivity contribution in [1.82, 2.24) is 4.90 Å². The molecule has 1 saturated heterocycles. The van der Waals surface area contributed by atoms with Crippen molar-refractivity contribution in [2.75, 3.05) is 11.9 Å². The van der Waals surface area contributed by atoms with Gasteiger partial charge in [0, 0.05) is 24.7 Å². The van der Waals surface area contributed by atoms with Crippen molar-refractivity contribution in [3.8, 4) is 0 Å². The topological polar surface area (TPSA) is 37.4 Å². The lowest BCUT2D eigenvalue weighted by atomic mass is 9.70. The van der Waals surface area contributed by atoms with Gasteiger partial charge in [-0.25, -0.2) is 0 Å². The maximum atomic E-state index is 11.8. The number of halogens is 1. The van der Waals surface area contributed by atoms with Crippen LogP contribution < -0.4 is 0 Å². The molecular weight excluding hydrogens is 270 g/mol. The quantitative estimate of drug-likeness (QED) is 0.590. The van der Waals surface area contributed by atoms with E-state index in [-0.39, 0.29) is 23.1 Å². The molecule has 4 heteroatoms. The zero-order valence-electron chi connectivity index (χ0n) is 9.67. The van der Waals surface area contributed by atoms with Crippen LogP contribution in [-0.2, 0) is 9.59 Å². The summed E-state index contributed by atoms with van der Waals surface area (Å²) in [6, 6.07) is 0. The molecule has 0 aromatic carbocycles. The van der Waals surface area contributed by atoms with Crippen LogP contribution in [0.15, 0.2) is 0 Å². The first kappa shape index (κ1) is 12.1. The van der Waals surface area contributed by atoms with Gasteiger partial charge in [0.05, 0.1) is 0 Å². The Labute approximate surface area is 105 Å². The van der Waals surface area contributed by atoms with E-state index in [1.807, 2.05) is 6.92 Å². The minimum atomic E-state index is 0.0241. The summed E-state index contributed by atoms with van der Waals surface area (Å²) in [6.45, 7) is 2.60. The maximum Gasteiger partial charge on any atom is 0.229 e. The zero-order valence-corrected chi connectivity index (χ0v) is 11.3. The number of alkyl halides is 1. The normalized spacial score (nSPS) is 25.8. The lowest BCUT2D eigenvalue weighted by Gasteiger charge is -2.44. The molecule has 0 aromatic heterocycles. The van der Waals surface area contributed by atoms with Crippen molar-refractivity contribution >= 4 is 27.7 Å². The van der Waals surface area contributed by atoms with Crippen molar-refractivity contribution < 1.29 is 9.59 Å².